The normalized spacial score (nSPS) is 11.9. The van der Waals surface area contributed by atoms with Gasteiger partial charge in [0.25, 0.3) is 0 Å². The second kappa shape index (κ2) is 7.16. The minimum Gasteiger partial charge on any atom is -0.370 e. The lowest BCUT2D eigenvalue weighted by molar-refractivity contribution is -0.125. The number of amides is 2. The zero-order valence-corrected chi connectivity index (χ0v) is 11.9. The number of benzene rings is 1. The maximum atomic E-state index is 11.7. The van der Waals surface area contributed by atoms with Crippen molar-refractivity contribution in [2.24, 2.45) is 11.7 Å². The lowest BCUT2D eigenvalue weighted by Gasteiger charge is -2.11. The van der Waals surface area contributed by atoms with E-state index < -0.39 is 0 Å². The summed E-state index contributed by atoms with van der Waals surface area (Å²) in [7, 11) is 0. The lowest BCUT2D eigenvalue weighted by Crippen LogP contribution is -2.29. The first-order valence-electron chi connectivity index (χ1n) is 5.79. The van der Waals surface area contributed by atoms with E-state index in [1.807, 2.05) is 24.3 Å². The van der Waals surface area contributed by atoms with E-state index in [2.05, 4.69) is 21.2 Å². The number of carbonyl (C=O) groups excluding carboxylic acids is 2. The number of halogens is 1. The van der Waals surface area contributed by atoms with E-state index in [1.165, 1.54) is 0 Å². The fourth-order valence-corrected chi connectivity index (χ4v) is 1.95. The van der Waals surface area contributed by atoms with Crippen LogP contribution in [-0.4, -0.2) is 11.8 Å². The van der Waals surface area contributed by atoms with Crippen molar-refractivity contribution in [2.75, 3.05) is 0 Å². The molecular formula is C13H17BrN2O2. The number of hydrogen-bond donors (Lipinski definition) is 2. The third-order valence-corrected chi connectivity index (χ3v) is 3.12. The Labute approximate surface area is 115 Å². The van der Waals surface area contributed by atoms with Gasteiger partial charge in [0, 0.05) is 23.4 Å². The van der Waals surface area contributed by atoms with Crippen LogP contribution in [0.2, 0.25) is 0 Å². The number of nitrogens with one attached hydrogen (secondary N) is 1. The smallest absolute Gasteiger partial charge is 0.223 e. The zero-order chi connectivity index (χ0) is 13.5. The maximum Gasteiger partial charge on any atom is 0.223 e. The fraction of sp³-hybridized carbons (Fsp3) is 0.385. The van der Waals surface area contributed by atoms with E-state index in [0.29, 0.717) is 13.0 Å². The Morgan fingerprint density at radius 2 is 2.17 bits per heavy atom. The Morgan fingerprint density at radius 3 is 2.78 bits per heavy atom. The summed E-state index contributed by atoms with van der Waals surface area (Å²) in [6.07, 6.45) is 0.727. The Balaban J connectivity index is 2.38. The molecule has 98 valence electrons. The number of rotatable bonds is 6. The summed E-state index contributed by atoms with van der Waals surface area (Å²) in [6, 6.07) is 7.75. The third kappa shape index (κ3) is 5.31. The van der Waals surface area contributed by atoms with E-state index in [4.69, 9.17) is 5.73 Å². The third-order valence-electron chi connectivity index (χ3n) is 2.63. The molecule has 0 aliphatic carbocycles. The van der Waals surface area contributed by atoms with E-state index in [9.17, 15) is 9.59 Å². The van der Waals surface area contributed by atoms with Gasteiger partial charge in [-0.05, 0) is 24.1 Å². The number of hydrogen-bond acceptors (Lipinski definition) is 2. The van der Waals surface area contributed by atoms with Crippen LogP contribution in [0.25, 0.3) is 0 Å². The second-order valence-corrected chi connectivity index (χ2v) is 5.17. The van der Waals surface area contributed by atoms with Crippen molar-refractivity contribution >= 4 is 27.7 Å². The molecule has 2 amide bonds. The minimum atomic E-state index is -0.373. The average molecular weight is 313 g/mol. The van der Waals surface area contributed by atoms with Gasteiger partial charge >= 0.3 is 0 Å². The summed E-state index contributed by atoms with van der Waals surface area (Å²) in [5.74, 6) is -0.637. The van der Waals surface area contributed by atoms with Gasteiger partial charge in [0.1, 0.15) is 0 Å². The van der Waals surface area contributed by atoms with E-state index in [1.54, 1.807) is 6.92 Å². The summed E-state index contributed by atoms with van der Waals surface area (Å²) in [5.41, 5.74) is 6.07. The predicted molar refractivity (Wildman–Crippen MR) is 73.6 cm³/mol. The SMILES string of the molecule is C[C@@H](CCC(N)=O)C(=O)NCc1cccc(Br)c1. The first-order valence-corrected chi connectivity index (χ1v) is 6.59. The molecule has 4 nitrogen and oxygen atoms in total. The summed E-state index contributed by atoms with van der Waals surface area (Å²) in [5, 5.41) is 2.84. The first kappa shape index (κ1) is 14.7. The molecule has 1 rings (SSSR count). The Morgan fingerprint density at radius 1 is 1.44 bits per heavy atom. The van der Waals surface area contributed by atoms with Crippen LogP contribution in [0, 0.1) is 5.92 Å². The number of carbonyl (C=O) groups is 2. The van der Waals surface area contributed by atoms with Crippen molar-refractivity contribution in [1.82, 2.24) is 5.32 Å². The molecule has 5 heteroatoms. The standard InChI is InChI=1S/C13H17BrN2O2/c1-9(5-6-12(15)17)13(18)16-8-10-3-2-4-11(14)7-10/h2-4,7,9H,5-6,8H2,1H3,(H2,15,17)(H,16,18)/t9-/m0/s1. The van der Waals surface area contributed by atoms with Gasteiger partial charge in [-0.2, -0.15) is 0 Å². The molecule has 0 bridgehead atoms. The molecule has 0 aliphatic heterocycles. The summed E-state index contributed by atoms with van der Waals surface area (Å²) < 4.78 is 0.982. The van der Waals surface area contributed by atoms with Crippen LogP contribution in [0.3, 0.4) is 0 Å². The second-order valence-electron chi connectivity index (χ2n) is 4.25. The van der Waals surface area contributed by atoms with Gasteiger partial charge in [0.2, 0.25) is 11.8 Å². The molecule has 0 radical (unpaired) electrons. The Hall–Kier alpha value is -1.36. The highest BCUT2D eigenvalue weighted by Crippen LogP contribution is 2.12. The molecule has 0 fully saturated rings. The van der Waals surface area contributed by atoms with Gasteiger partial charge in [-0.1, -0.05) is 35.0 Å². The topological polar surface area (TPSA) is 72.2 Å². The Kier molecular flexibility index (Phi) is 5.85. The maximum absolute atomic E-state index is 11.7. The molecule has 1 aromatic rings. The van der Waals surface area contributed by atoms with Crippen molar-refractivity contribution in [3.05, 3.63) is 34.3 Å². The molecule has 0 unspecified atom stereocenters. The summed E-state index contributed by atoms with van der Waals surface area (Å²) in [6.45, 7) is 2.28. The highest BCUT2D eigenvalue weighted by atomic mass is 79.9. The van der Waals surface area contributed by atoms with Crippen molar-refractivity contribution in [2.45, 2.75) is 26.3 Å². The molecule has 3 N–H and O–H groups in total. The molecule has 0 saturated carbocycles. The van der Waals surface area contributed by atoms with Crippen LogP contribution in [0.4, 0.5) is 0 Å². The quantitative estimate of drug-likeness (QED) is 0.843. The Bertz CT molecular complexity index is 435. The molecule has 1 atom stereocenters. The molecule has 18 heavy (non-hydrogen) atoms. The van der Waals surface area contributed by atoms with Crippen LogP contribution in [-0.2, 0) is 16.1 Å². The molecule has 0 aromatic heterocycles. The highest BCUT2D eigenvalue weighted by Gasteiger charge is 2.13. The predicted octanol–water partition coefficient (Wildman–Crippen LogP) is 1.97. The number of nitrogens with two attached hydrogens (primary N) is 1. The van der Waals surface area contributed by atoms with E-state index in [-0.39, 0.29) is 24.2 Å². The molecule has 0 aliphatic rings. The minimum absolute atomic E-state index is 0.0591. The zero-order valence-electron chi connectivity index (χ0n) is 10.3. The van der Waals surface area contributed by atoms with Gasteiger partial charge < -0.3 is 11.1 Å². The van der Waals surface area contributed by atoms with Crippen molar-refractivity contribution < 1.29 is 9.59 Å². The van der Waals surface area contributed by atoms with E-state index >= 15 is 0 Å². The van der Waals surface area contributed by atoms with Gasteiger partial charge in [-0.3, -0.25) is 9.59 Å². The fourth-order valence-electron chi connectivity index (χ4n) is 1.50. The van der Waals surface area contributed by atoms with Crippen LogP contribution < -0.4 is 11.1 Å². The molecule has 0 saturated heterocycles. The highest BCUT2D eigenvalue weighted by molar-refractivity contribution is 9.10. The molecule has 0 spiro atoms. The number of primary amides is 1. The van der Waals surface area contributed by atoms with Gasteiger partial charge in [0.15, 0.2) is 0 Å². The van der Waals surface area contributed by atoms with E-state index in [0.717, 1.165) is 10.0 Å². The largest absolute Gasteiger partial charge is 0.370 e. The van der Waals surface area contributed by atoms with Gasteiger partial charge in [0.05, 0.1) is 0 Å². The average Bonchev–Trinajstić information content (AvgIpc) is 2.33. The van der Waals surface area contributed by atoms with Crippen LogP contribution in [0.15, 0.2) is 28.7 Å². The van der Waals surface area contributed by atoms with Gasteiger partial charge in [-0.15, -0.1) is 0 Å². The van der Waals surface area contributed by atoms with Crippen LogP contribution in [0.5, 0.6) is 0 Å². The summed E-state index contributed by atoms with van der Waals surface area (Å²) in [4.78, 5) is 22.4. The first-order chi connectivity index (χ1) is 8.49. The molecular weight excluding hydrogens is 296 g/mol. The van der Waals surface area contributed by atoms with Gasteiger partial charge in [-0.25, -0.2) is 0 Å². The van der Waals surface area contributed by atoms with Crippen molar-refractivity contribution in [3.63, 3.8) is 0 Å². The monoisotopic (exact) mass is 312 g/mol. The van der Waals surface area contributed by atoms with Crippen LogP contribution in [0.1, 0.15) is 25.3 Å². The lowest BCUT2D eigenvalue weighted by atomic mass is 10.0. The van der Waals surface area contributed by atoms with Crippen molar-refractivity contribution in [3.8, 4) is 0 Å². The molecule has 1 aromatic carbocycles. The van der Waals surface area contributed by atoms with Crippen molar-refractivity contribution in [1.29, 1.82) is 0 Å². The van der Waals surface area contributed by atoms with Crippen LogP contribution >= 0.6 is 15.9 Å². The molecule has 0 heterocycles. The summed E-state index contributed by atoms with van der Waals surface area (Å²) >= 11 is 3.37.